The Morgan fingerprint density at radius 1 is 1.16 bits per heavy atom. The van der Waals surface area contributed by atoms with E-state index in [1.54, 1.807) is 44.2 Å². The number of amides is 2. The van der Waals surface area contributed by atoms with Gasteiger partial charge < -0.3 is 20.5 Å². The van der Waals surface area contributed by atoms with E-state index in [1.807, 2.05) is 0 Å². The molecule has 132 valence electrons. The lowest BCUT2D eigenvalue weighted by molar-refractivity contribution is -0.136. The maximum Gasteiger partial charge on any atom is 0.313 e. The summed E-state index contributed by atoms with van der Waals surface area (Å²) < 4.78 is 5.10. The van der Waals surface area contributed by atoms with E-state index in [-0.39, 0.29) is 5.75 Å². The molecule has 2 amide bonds. The van der Waals surface area contributed by atoms with Crippen molar-refractivity contribution >= 4 is 29.1 Å². The van der Waals surface area contributed by atoms with Crippen LogP contribution in [0.5, 0.6) is 11.5 Å². The van der Waals surface area contributed by atoms with E-state index in [9.17, 15) is 14.7 Å². The molecule has 0 aliphatic heterocycles. The van der Waals surface area contributed by atoms with Gasteiger partial charge in [0.15, 0.2) is 0 Å². The molecule has 7 heteroatoms. The summed E-state index contributed by atoms with van der Waals surface area (Å²) in [5.74, 6) is -1.11. The van der Waals surface area contributed by atoms with Crippen LogP contribution in [0.1, 0.15) is 24.1 Å². The van der Waals surface area contributed by atoms with Gasteiger partial charge >= 0.3 is 11.8 Å². The SMILES string of the molecule is COc1ccc(O)c(C(C)NC(=O)C(=O)Nc2cc(Cl)ccc2C)c1. The van der Waals surface area contributed by atoms with Crippen molar-refractivity contribution in [1.82, 2.24) is 5.32 Å². The van der Waals surface area contributed by atoms with Crippen LogP contribution in [0.25, 0.3) is 0 Å². The third kappa shape index (κ3) is 4.64. The Bertz CT molecular complexity index is 808. The summed E-state index contributed by atoms with van der Waals surface area (Å²) in [5, 5.41) is 15.5. The first kappa shape index (κ1) is 18.6. The first-order valence-corrected chi connectivity index (χ1v) is 7.94. The third-order valence-electron chi connectivity index (χ3n) is 3.70. The highest BCUT2D eigenvalue weighted by Gasteiger charge is 2.20. The van der Waals surface area contributed by atoms with Crippen molar-refractivity contribution in [2.24, 2.45) is 0 Å². The predicted molar refractivity (Wildman–Crippen MR) is 96.0 cm³/mol. The average molecular weight is 363 g/mol. The lowest BCUT2D eigenvalue weighted by Gasteiger charge is -2.16. The molecule has 2 aromatic carbocycles. The van der Waals surface area contributed by atoms with Gasteiger partial charge in [-0.1, -0.05) is 17.7 Å². The van der Waals surface area contributed by atoms with Crippen molar-refractivity contribution in [2.45, 2.75) is 19.9 Å². The molecular formula is C18H19ClN2O4. The summed E-state index contributed by atoms with van der Waals surface area (Å²) in [6.45, 7) is 3.45. The molecule has 2 rings (SSSR count). The minimum atomic E-state index is -0.825. The van der Waals surface area contributed by atoms with Crippen LogP contribution in [-0.4, -0.2) is 24.0 Å². The molecular weight excluding hydrogens is 344 g/mol. The fourth-order valence-electron chi connectivity index (χ4n) is 2.25. The number of carbonyl (C=O) groups is 2. The Morgan fingerprint density at radius 3 is 2.56 bits per heavy atom. The largest absolute Gasteiger partial charge is 0.508 e. The number of ether oxygens (including phenoxy) is 1. The van der Waals surface area contributed by atoms with E-state index >= 15 is 0 Å². The van der Waals surface area contributed by atoms with Crippen molar-refractivity contribution in [2.75, 3.05) is 12.4 Å². The average Bonchev–Trinajstić information content (AvgIpc) is 2.58. The van der Waals surface area contributed by atoms with E-state index < -0.39 is 17.9 Å². The van der Waals surface area contributed by atoms with Crippen LogP contribution >= 0.6 is 11.6 Å². The predicted octanol–water partition coefficient (Wildman–Crippen LogP) is 3.18. The molecule has 1 unspecified atom stereocenters. The van der Waals surface area contributed by atoms with Gasteiger partial charge in [0.1, 0.15) is 11.5 Å². The van der Waals surface area contributed by atoms with Gasteiger partial charge in [0.2, 0.25) is 0 Å². The molecule has 6 nitrogen and oxygen atoms in total. The number of phenols is 1. The Balaban J connectivity index is 2.08. The number of halogens is 1. The van der Waals surface area contributed by atoms with Crippen LogP contribution in [0.15, 0.2) is 36.4 Å². The summed E-state index contributed by atoms with van der Waals surface area (Å²) >= 11 is 5.90. The zero-order valence-corrected chi connectivity index (χ0v) is 14.8. The van der Waals surface area contributed by atoms with Crippen molar-refractivity contribution in [3.05, 3.63) is 52.5 Å². The number of nitrogens with one attached hydrogen (secondary N) is 2. The molecule has 0 heterocycles. The maximum absolute atomic E-state index is 12.1. The summed E-state index contributed by atoms with van der Waals surface area (Å²) in [5.41, 5.74) is 1.69. The smallest absolute Gasteiger partial charge is 0.313 e. The second kappa shape index (κ2) is 7.90. The van der Waals surface area contributed by atoms with E-state index in [4.69, 9.17) is 16.3 Å². The van der Waals surface area contributed by atoms with E-state index in [2.05, 4.69) is 10.6 Å². The Kier molecular flexibility index (Phi) is 5.88. The fourth-order valence-corrected chi connectivity index (χ4v) is 2.43. The van der Waals surface area contributed by atoms with Gasteiger partial charge in [-0.05, 0) is 49.7 Å². The molecule has 0 saturated carbocycles. The molecule has 25 heavy (non-hydrogen) atoms. The van der Waals surface area contributed by atoms with Gasteiger partial charge in [0.25, 0.3) is 0 Å². The Morgan fingerprint density at radius 2 is 1.88 bits per heavy atom. The van der Waals surface area contributed by atoms with Crippen LogP contribution in [0.2, 0.25) is 5.02 Å². The third-order valence-corrected chi connectivity index (χ3v) is 3.94. The molecule has 0 fully saturated rings. The monoisotopic (exact) mass is 362 g/mol. The molecule has 0 aliphatic carbocycles. The summed E-state index contributed by atoms with van der Waals surface area (Å²) in [7, 11) is 1.50. The number of benzene rings is 2. The van der Waals surface area contributed by atoms with Gasteiger partial charge in [0.05, 0.1) is 13.2 Å². The van der Waals surface area contributed by atoms with Crippen molar-refractivity contribution in [3.8, 4) is 11.5 Å². The first-order chi connectivity index (χ1) is 11.8. The molecule has 0 spiro atoms. The van der Waals surface area contributed by atoms with Gasteiger partial charge in [-0.15, -0.1) is 0 Å². The fraction of sp³-hybridized carbons (Fsp3) is 0.222. The quantitative estimate of drug-likeness (QED) is 0.729. The van der Waals surface area contributed by atoms with Gasteiger partial charge in [-0.25, -0.2) is 0 Å². The van der Waals surface area contributed by atoms with E-state index in [1.165, 1.54) is 13.2 Å². The van der Waals surface area contributed by atoms with Crippen molar-refractivity contribution < 1.29 is 19.4 Å². The summed E-state index contributed by atoms with van der Waals surface area (Å²) in [6.07, 6.45) is 0. The number of phenolic OH excluding ortho intramolecular Hbond substituents is 1. The summed E-state index contributed by atoms with van der Waals surface area (Å²) in [6, 6.07) is 9.08. The lowest BCUT2D eigenvalue weighted by atomic mass is 10.1. The highest BCUT2D eigenvalue weighted by atomic mass is 35.5. The highest BCUT2D eigenvalue weighted by molar-refractivity contribution is 6.40. The number of hydrogen-bond donors (Lipinski definition) is 3. The summed E-state index contributed by atoms with van der Waals surface area (Å²) in [4.78, 5) is 24.2. The molecule has 0 bridgehead atoms. The zero-order chi connectivity index (χ0) is 18.6. The number of aromatic hydroxyl groups is 1. The van der Waals surface area contributed by atoms with Gasteiger partial charge in [-0.2, -0.15) is 0 Å². The van der Waals surface area contributed by atoms with Crippen LogP contribution in [0.3, 0.4) is 0 Å². The molecule has 0 aliphatic rings. The lowest BCUT2D eigenvalue weighted by Crippen LogP contribution is -2.37. The first-order valence-electron chi connectivity index (χ1n) is 7.56. The van der Waals surface area contributed by atoms with Crippen molar-refractivity contribution in [3.63, 3.8) is 0 Å². The molecule has 3 N–H and O–H groups in total. The number of methoxy groups -OCH3 is 1. The van der Waals surface area contributed by atoms with E-state index in [0.29, 0.717) is 22.0 Å². The number of hydrogen-bond acceptors (Lipinski definition) is 4. The minimum absolute atomic E-state index is 0.000284. The normalized spacial score (nSPS) is 11.5. The van der Waals surface area contributed by atoms with Crippen LogP contribution in [0.4, 0.5) is 5.69 Å². The molecule has 0 aromatic heterocycles. The molecule has 2 aromatic rings. The van der Waals surface area contributed by atoms with Gasteiger partial charge in [-0.3, -0.25) is 9.59 Å². The van der Waals surface area contributed by atoms with Crippen LogP contribution < -0.4 is 15.4 Å². The second-order valence-electron chi connectivity index (χ2n) is 5.53. The number of aryl methyl sites for hydroxylation is 1. The molecule has 0 radical (unpaired) electrons. The maximum atomic E-state index is 12.1. The van der Waals surface area contributed by atoms with Crippen LogP contribution in [-0.2, 0) is 9.59 Å². The zero-order valence-electron chi connectivity index (χ0n) is 14.1. The molecule has 1 atom stereocenters. The highest BCUT2D eigenvalue weighted by Crippen LogP contribution is 2.28. The van der Waals surface area contributed by atoms with E-state index in [0.717, 1.165) is 5.56 Å². The second-order valence-corrected chi connectivity index (χ2v) is 5.97. The minimum Gasteiger partial charge on any atom is -0.508 e. The van der Waals surface area contributed by atoms with Crippen LogP contribution in [0, 0.1) is 6.92 Å². The topological polar surface area (TPSA) is 87.7 Å². The Hall–Kier alpha value is -2.73. The number of anilines is 1. The molecule has 0 saturated heterocycles. The Labute approximate surface area is 150 Å². The van der Waals surface area contributed by atoms with Crippen molar-refractivity contribution in [1.29, 1.82) is 0 Å². The standard InChI is InChI=1S/C18H19ClN2O4/c1-10-4-5-12(19)8-15(10)21-18(24)17(23)20-11(2)14-9-13(25-3)6-7-16(14)22/h4-9,11,22H,1-3H3,(H,20,23)(H,21,24). The number of rotatable bonds is 4. The number of carbonyl (C=O) groups excluding carboxylic acids is 2. The van der Waals surface area contributed by atoms with Gasteiger partial charge in [0, 0.05) is 16.3 Å².